The van der Waals surface area contributed by atoms with E-state index in [-0.39, 0.29) is 12.1 Å². The molecule has 0 spiro atoms. The SMILES string of the molecule is O=C1c2c(-c3ccc(Cl)cc3)csc2N[C@@H]2CCCN12. The summed E-state index contributed by atoms with van der Waals surface area (Å²) in [6.45, 7) is 0.853. The highest BCUT2D eigenvalue weighted by Gasteiger charge is 2.37. The third-order valence-corrected chi connectivity index (χ3v) is 5.13. The van der Waals surface area contributed by atoms with Crippen LogP contribution in [0.1, 0.15) is 23.2 Å². The number of hydrogen-bond acceptors (Lipinski definition) is 3. The molecule has 1 aromatic heterocycles. The number of thiophene rings is 1. The fourth-order valence-electron chi connectivity index (χ4n) is 2.97. The van der Waals surface area contributed by atoms with Crippen LogP contribution in [0.4, 0.5) is 5.00 Å². The molecule has 1 N–H and O–H groups in total. The lowest BCUT2D eigenvalue weighted by Crippen LogP contribution is -2.44. The van der Waals surface area contributed by atoms with E-state index in [1.807, 2.05) is 29.2 Å². The standard InChI is InChI=1S/C15H13ClN2OS/c16-10-5-3-9(4-6-10)11-8-20-14-13(11)15(19)18-7-1-2-12(18)17-14/h3-6,8,12,17H,1-2,7H2/t12-/m0/s1. The zero-order chi connectivity index (χ0) is 13.7. The summed E-state index contributed by atoms with van der Waals surface area (Å²) >= 11 is 7.55. The van der Waals surface area contributed by atoms with E-state index in [2.05, 4.69) is 10.7 Å². The number of benzene rings is 1. The normalized spacial score (nSPS) is 20.6. The summed E-state index contributed by atoms with van der Waals surface area (Å²) < 4.78 is 0. The maximum Gasteiger partial charge on any atom is 0.259 e. The quantitative estimate of drug-likeness (QED) is 0.862. The van der Waals surface area contributed by atoms with Crippen molar-refractivity contribution < 1.29 is 4.79 Å². The summed E-state index contributed by atoms with van der Waals surface area (Å²) in [6, 6.07) is 7.66. The van der Waals surface area contributed by atoms with Crippen molar-refractivity contribution in [1.82, 2.24) is 4.90 Å². The van der Waals surface area contributed by atoms with E-state index < -0.39 is 0 Å². The van der Waals surface area contributed by atoms with Crippen molar-refractivity contribution in [1.29, 1.82) is 0 Å². The Bertz CT molecular complexity index is 680. The Balaban J connectivity index is 1.81. The fourth-order valence-corrected chi connectivity index (χ4v) is 4.11. The molecule has 3 nitrogen and oxygen atoms in total. The Hall–Kier alpha value is -1.52. The number of carbonyl (C=O) groups excluding carboxylic acids is 1. The number of nitrogens with one attached hydrogen (secondary N) is 1. The minimum Gasteiger partial charge on any atom is -0.356 e. The van der Waals surface area contributed by atoms with Crippen LogP contribution in [0.25, 0.3) is 11.1 Å². The van der Waals surface area contributed by atoms with Crippen molar-refractivity contribution in [2.24, 2.45) is 0 Å². The van der Waals surface area contributed by atoms with Gasteiger partial charge < -0.3 is 10.2 Å². The van der Waals surface area contributed by atoms with Gasteiger partial charge in [0.1, 0.15) is 11.2 Å². The smallest absolute Gasteiger partial charge is 0.259 e. The summed E-state index contributed by atoms with van der Waals surface area (Å²) in [4.78, 5) is 14.6. The molecule has 0 radical (unpaired) electrons. The van der Waals surface area contributed by atoms with E-state index in [1.165, 1.54) is 0 Å². The number of nitrogens with zero attached hydrogens (tertiary/aromatic N) is 1. The van der Waals surface area contributed by atoms with Crippen LogP contribution in [0.3, 0.4) is 0 Å². The molecule has 3 heterocycles. The molecule has 102 valence electrons. The molecular weight excluding hydrogens is 292 g/mol. The third kappa shape index (κ3) is 1.75. The maximum absolute atomic E-state index is 12.7. The van der Waals surface area contributed by atoms with Crippen molar-refractivity contribution in [3.8, 4) is 11.1 Å². The topological polar surface area (TPSA) is 32.3 Å². The highest BCUT2D eigenvalue weighted by molar-refractivity contribution is 7.15. The second-order valence-corrected chi connectivity index (χ2v) is 6.48. The van der Waals surface area contributed by atoms with E-state index in [4.69, 9.17) is 11.6 Å². The van der Waals surface area contributed by atoms with Gasteiger partial charge in [0.25, 0.3) is 5.91 Å². The number of fused-ring (bicyclic) bond motifs is 2. The highest BCUT2D eigenvalue weighted by Crippen LogP contribution is 2.41. The first kappa shape index (κ1) is 12.2. The fraction of sp³-hybridized carbons (Fsp3) is 0.267. The molecule has 1 amide bonds. The summed E-state index contributed by atoms with van der Waals surface area (Å²) in [7, 11) is 0. The second-order valence-electron chi connectivity index (χ2n) is 5.16. The van der Waals surface area contributed by atoms with Crippen molar-refractivity contribution in [2.75, 3.05) is 11.9 Å². The number of rotatable bonds is 1. The van der Waals surface area contributed by atoms with Crippen LogP contribution in [0, 0.1) is 0 Å². The Morgan fingerprint density at radius 1 is 1.30 bits per heavy atom. The minimum absolute atomic E-state index is 0.160. The van der Waals surface area contributed by atoms with Crippen LogP contribution >= 0.6 is 22.9 Å². The van der Waals surface area contributed by atoms with Gasteiger partial charge in [-0.15, -0.1) is 11.3 Å². The van der Waals surface area contributed by atoms with Gasteiger partial charge in [-0.1, -0.05) is 23.7 Å². The van der Waals surface area contributed by atoms with Crippen molar-refractivity contribution in [3.63, 3.8) is 0 Å². The van der Waals surface area contributed by atoms with Gasteiger partial charge in [-0.3, -0.25) is 4.79 Å². The predicted molar refractivity (Wildman–Crippen MR) is 82.4 cm³/mol. The van der Waals surface area contributed by atoms with Crippen LogP contribution in [0.2, 0.25) is 5.02 Å². The van der Waals surface area contributed by atoms with Gasteiger partial charge >= 0.3 is 0 Å². The van der Waals surface area contributed by atoms with E-state index in [9.17, 15) is 4.79 Å². The van der Waals surface area contributed by atoms with Gasteiger partial charge in [0.15, 0.2) is 0 Å². The van der Waals surface area contributed by atoms with E-state index in [0.717, 1.165) is 41.1 Å². The highest BCUT2D eigenvalue weighted by atomic mass is 35.5. The lowest BCUT2D eigenvalue weighted by atomic mass is 10.0. The van der Waals surface area contributed by atoms with Crippen LogP contribution in [-0.2, 0) is 0 Å². The molecule has 1 fully saturated rings. The largest absolute Gasteiger partial charge is 0.356 e. The number of halogens is 1. The third-order valence-electron chi connectivity index (χ3n) is 3.97. The first-order valence-corrected chi connectivity index (χ1v) is 7.95. The van der Waals surface area contributed by atoms with Crippen molar-refractivity contribution in [2.45, 2.75) is 19.0 Å². The molecule has 1 aromatic carbocycles. The first-order valence-electron chi connectivity index (χ1n) is 6.69. The molecule has 2 aliphatic rings. The van der Waals surface area contributed by atoms with Gasteiger partial charge in [-0.2, -0.15) is 0 Å². The molecule has 1 saturated heterocycles. The van der Waals surface area contributed by atoms with Gasteiger partial charge in [0.05, 0.1) is 5.56 Å². The minimum atomic E-state index is 0.160. The Morgan fingerprint density at radius 2 is 2.10 bits per heavy atom. The number of amides is 1. The zero-order valence-corrected chi connectivity index (χ0v) is 12.3. The molecular formula is C15H13ClN2OS. The average Bonchev–Trinajstić information content (AvgIpc) is 3.07. The first-order chi connectivity index (χ1) is 9.74. The van der Waals surface area contributed by atoms with Crippen molar-refractivity contribution >= 4 is 33.8 Å². The van der Waals surface area contributed by atoms with E-state index >= 15 is 0 Å². The van der Waals surface area contributed by atoms with Gasteiger partial charge in [0.2, 0.25) is 0 Å². The molecule has 1 atom stereocenters. The van der Waals surface area contributed by atoms with E-state index in [0.29, 0.717) is 5.02 Å². The van der Waals surface area contributed by atoms with Crippen LogP contribution in [0.15, 0.2) is 29.6 Å². The van der Waals surface area contributed by atoms with E-state index in [1.54, 1.807) is 11.3 Å². The predicted octanol–water partition coefficient (Wildman–Crippen LogP) is 4.06. The summed E-state index contributed by atoms with van der Waals surface area (Å²) in [6.07, 6.45) is 2.31. The monoisotopic (exact) mass is 304 g/mol. The summed E-state index contributed by atoms with van der Waals surface area (Å²) in [5.41, 5.74) is 2.86. The molecule has 0 bridgehead atoms. The Morgan fingerprint density at radius 3 is 2.90 bits per heavy atom. The van der Waals surface area contributed by atoms with Crippen molar-refractivity contribution in [3.05, 3.63) is 40.2 Å². The van der Waals surface area contributed by atoms with Crippen LogP contribution in [-0.4, -0.2) is 23.5 Å². The molecule has 2 aromatic rings. The lowest BCUT2D eigenvalue weighted by molar-refractivity contribution is 0.0742. The zero-order valence-electron chi connectivity index (χ0n) is 10.7. The molecule has 0 unspecified atom stereocenters. The molecule has 5 heteroatoms. The van der Waals surface area contributed by atoms with Crippen LogP contribution < -0.4 is 5.32 Å². The molecule has 0 aliphatic carbocycles. The molecule has 2 aliphatic heterocycles. The molecule has 4 rings (SSSR count). The van der Waals surface area contributed by atoms with Gasteiger partial charge in [-0.05, 0) is 30.5 Å². The Labute approximate surface area is 126 Å². The maximum atomic E-state index is 12.7. The average molecular weight is 305 g/mol. The van der Waals surface area contributed by atoms with Crippen LogP contribution in [0.5, 0.6) is 0 Å². The molecule has 0 saturated carbocycles. The van der Waals surface area contributed by atoms with Gasteiger partial charge in [0, 0.05) is 22.5 Å². The number of carbonyl (C=O) groups is 1. The lowest BCUT2D eigenvalue weighted by Gasteiger charge is -2.31. The van der Waals surface area contributed by atoms with Gasteiger partial charge in [-0.25, -0.2) is 0 Å². The summed E-state index contributed by atoms with van der Waals surface area (Å²) in [5, 5.41) is 7.26. The second kappa shape index (κ2) is 4.50. The summed E-state index contributed by atoms with van der Waals surface area (Å²) in [5.74, 6) is 0.160. The number of anilines is 1. The molecule has 20 heavy (non-hydrogen) atoms. The Kier molecular flexibility index (Phi) is 2.75. The number of hydrogen-bond donors (Lipinski definition) is 1.